The Hall–Kier alpha value is -3.37. The van der Waals surface area contributed by atoms with Crippen LogP contribution in [0.2, 0.25) is 0 Å². The SMILES string of the molecule is CN(C)S(=O)(=O)Nc1cccc(-c2ccc3nnc(-c4ccccn4)n3n2)c1. The van der Waals surface area contributed by atoms with Gasteiger partial charge < -0.3 is 0 Å². The summed E-state index contributed by atoms with van der Waals surface area (Å²) in [5.74, 6) is 0.530. The normalized spacial score (nSPS) is 11.8. The number of rotatable bonds is 5. The molecule has 10 heteroatoms. The fourth-order valence-electron chi connectivity index (χ4n) is 2.58. The Balaban J connectivity index is 1.75. The molecule has 3 aromatic heterocycles. The van der Waals surface area contributed by atoms with Crippen molar-refractivity contribution in [3.8, 4) is 22.8 Å². The van der Waals surface area contributed by atoms with E-state index < -0.39 is 10.2 Å². The number of anilines is 1. The van der Waals surface area contributed by atoms with E-state index in [-0.39, 0.29) is 0 Å². The van der Waals surface area contributed by atoms with E-state index in [1.165, 1.54) is 14.1 Å². The quantitative estimate of drug-likeness (QED) is 0.555. The van der Waals surface area contributed by atoms with Crippen molar-refractivity contribution >= 4 is 21.5 Å². The van der Waals surface area contributed by atoms with Crippen LogP contribution >= 0.6 is 0 Å². The molecule has 9 nitrogen and oxygen atoms in total. The van der Waals surface area contributed by atoms with Crippen LogP contribution in [0.15, 0.2) is 60.8 Å². The van der Waals surface area contributed by atoms with Crippen LogP contribution in [-0.4, -0.2) is 51.6 Å². The van der Waals surface area contributed by atoms with Gasteiger partial charge in [0.25, 0.3) is 0 Å². The van der Waals surface area contributed by atoms with Crippen molar-refractivity contribution in [3.63, 3.8) is 0 Å². The zero-order valence-electron chi connectivity index (χ0n) is 15.2. The monoisotopic (exact) mass is 395 g/mol. The molecule has 1 N–H and O–H groups in total. The lowest BCUT2D eigenvalue weighted by molar-refractivity contribution is 0.527. The first-order valence-electron chi connectivity index (χ1n) is 8.39. The minimum atomic E-state index is -3.59. The van der Waals surface area contributed by atoms with Crippen LogP contribution < -0.4 is 4.72 Å². The molecule has 0 atom stereocenters. The van der Waals surface area contributed by atoms with Gasteiger partial charge in [-0.3, -0.25) is 9.71 Å². The minimum Gasteiger partial charge on any atom is -0.271 e. The van der Waals surface area contributed by atoms with Crippen molar-refractivity contribution in [3.05, 3.63) is 60.8 Å². The molecule has 0 amide bonds. The van der Waals surface area contributed by atoms with Crippen molar-refractivity contribution in [2.45, 2.75) is 0 Å². The number of hydrogen-bond donors (Lipinski definition) is 1. The fraction of sp³-hybridized carbons (Fsp3) is 0.111. The smallest absolute Gasteiger partial charge is 0.271 e. The van der Waals surface area contributed by atoms with Crippen LogP contribution in [-0.2, 0) is 10.2 Å². The maximum atomic E-state index is 12.1. The Kier molecular flexibility index (Phi) is 4.49. The average Bonchev–Trinajstić information content (AvgIpc) is 3.11. The average molecular weight is 395 g/mol. The first-order valence-corrected chi connectivity index (χ1v) is 9.83. The van der Waals surface area contributed by atoms with E-state index in [4.69, 9.17) is 0 Å². The van der Waals surface area contributed by atoms with Gasteiger partial charge >= 0.3 is 10.2 Å². The lowest BCUT2D eigenvalue weighted by Gasteiger charge is -2.14. The Labute approximate surface area is 161 Å². The van der Waals surface area contributed by atoms with Gasteiger partial charge in [-0.2, -0.15) is 22.3 Å². The zero-order valence-corrected chi connectivity index (χ0v) is 16.0. The third-order valence-electron chi connectivity index (χ3n) is 4.04. The summed E-state index contributed by atoms with van der Waals surface area (Å²) < 4.78 is 29.4. The van der Waals surface area contributed by atoms with Crippen molar-refractivity contribution in [2.24, 2.45) is 0 Å². The molecule has 28 heavy (non-hydrogen) atoms. The molecule has 0 saturated carbocycles. The Bertz CT molecular complexity index is 1240. The maximum absolute atomic E-state index is 12.1. The van der Waals surface area contributed by atoms with E-state index in [0.717, 1.165) is 9.87 Å². The molecule has 142 valence electrons. The van der Waals surface area contributed by atoms with Crippen LogP contribution in [0.5, 0.6) is 0 Å². The third kappa shape index (κ3) is 3.42. The predicted octanol–water partition coefficient (Wildman–Crippen LogP) is 2.07. The zero-order chi connectivity index (χ0) is 19.7. The molecular weight excluding hydrogens is 378 g/mol. The van der Waals surface area contributed by atoms with E-state index in [1.54, 1.807) is 35.0 Å². The van der Waals surface area contributed by atoms with Gasteiger partial charge in [0.15, 0.2) is 5.65 Å². The molecule has 0 aliphatic heterocycles. The summed E-state index contributed by atoms with van der Waals surface area (Å²) >= 11 is 0. The number of nitrogens with zero attached hydrogens (tertiary/aromatic N) is 6. The topological polar surface area (TPSA) is 105 Å². The van der Waals surface area contributed by atoms with Gasteiger partial charge in [0.05, 0.1) is 11.4 Å². The summed E-state index contributed by atoms with van der Waals surface area (Å²) in [5, 5.41) is 12.9. The van der Waals surface area contributed by atoms with Gasteiger partial charge in [-0.25, -0.2) is 0 Å². The molecule has 0 aliphatic rings. The van der Waals surface area contributed by atoms with Gasteiger partial charge in [-0.05, 0) is 36.4 Å². The second-order valence-corrected chi connectivity index (χ2v) is 8.08. The fourth-order valence-corrected chi connectivity index (χ4v) is 3.19. The standard InChI is InChI=1S/C18H17N7O2S/c1-24(2)28(26,27)23-14-7-5-6-13(12-14)15-9-10-17-20-21-18(25(17)22-15)16-8-3-4-11-19-16/h3-12,23H,1-2H3. The first kappa shape index (κ1) is 18.0. The summed E-state index contributed by atoms with van der Waals surface area (Å²) in [7, 11) is -0.659. The molecule has 4 rings (SSSR count). The molecule has 4 aromatic rings. The van der Waals surface area contributed by atoms with Gasteiger partial charge in [-0.1, -0.05) is 18.2 Å². The summed E-state index contributed by atoms with van der Waals surface area (Å²) in [4.78, 5) is 4.30. The van der Waals surface area contributed by atoms with Gasteiger partial charge in [0, 0.05) is 25.9 Å². The molecule has 0 saturated heterocycles. The predicted molar refractivity (Wildman–Crippen MR) is 106 cm³/mol. The van der Waals surface area contributed by atoms with E-state index in [0.29, 0.717) is 28.5 Å². The Morgan fingerprint density at radius 2 is 1.82 bits per heavy atom. The third-order valence-corrected chi connectivity index (χ3v) is 5.50. The Morgan fingerprint density at radius 3 is 2.57 bits per heavy atom. The van der Waals surface area contributed by atoms with Crippen LogP contribution in [0.1, 0.15) is 0 Å². The van der Waals surface area contributed by atoms with Crippen molar-refractivity contribution < 1.29 is 8.42 Å². The largest absolute Gasteiger partial charge is 0.301 e. The molecule has 3 heterocycles. The summed E-state index contributed by atoms with van der Waals surface area (Å²) in [6, 6.07) is 16.2. The van der Waals surface area contributed by atoms with Crippen molar-refractivity contribution in [1.82, 2.24) is 29.1 Å². The molecule has 0 radical (unpaired) electrons. The van der Waals surface area contributed by atoms with E-state index in [2.05, 4.69) is 25.0 Å². The molecule has 1 aromatic carbocycles. The second kappa shape index (κ2) is 6.98. The van der Waals surface area contributed by atoms with E-state index >= 15 is 0 Å². The second-order valence-electron chi connectivity index (χ2n) is 6.20. The molecule has 0 fully saturated rings. The molecule has 0 aliphatic carbocycles. The highest BCUT2D eigenvalue weighted by Crippen LogP contribution is 2.23. The van der Waals surface area contributed by atoms with Gasteiger partial charge in [0.2, 0.25) is 5.82 Å². The van der Waals surface area contributed by atoms with Gasteiger partial charge in [-0.15, -0.1) is 10.2 Å². The first-order chi connectivity index (χ1) is 13.4. The number of benzene rings is 1. The summed E-state index contributed by atoms with van der Waals surface area (Å²) in [6.45, 7) is 0. The molecule has 0 bridgehead atoms. The van der Waals surface area contributed by atoms with Crippen LogP contribution in [0, 0.1) is 0 Å². The lowest BCUT2D eigenvalue weighted by Crippen LogP contribution is -2.28. The lowest BCUT2D eigenvalue weighted by atomic mass is 10.1. The van der Waals surface area contributed by atoms with E-state index in [9.17, 15) is 8.42 Å². The van der Waals surface area contributed by atoms with E-state index in [1.807, 2.05) is 30.3 Å². The van der Waals surface area contributed by atoms with Crippen LogP contribution in [0.25, 0.3) is 28.4 Å². The Morgan fingerprint density at radius 1 is 0.964 bits per heavy atom. The molecule has 0 spiro atoms. The number of nitrogens with one attached hydrogen (secondary N) is 1. The van der Waals surface area contributed by atoms with Crippen molar-refractivity contribution in [2.75, 3.05) is 18.8 Å². The highest BCUT2D eigenvalue weighted by molar-refractivity contribution is 7.90. The maximum Gasteiger partial charge on any atom is 0.301 e. The van der Waals surface area contributed by atoms with Crippen LogP contribution in [0.3, 0.4) is 0 Å². The number of fused-ring (bicyclic) bond motifs is 1. The van der Waals surface area contributed by atoms with Crippen molar-refractivity contribution in [1.29, 1.82) is 0 Å². The molecular formula is C18H17N7O2S. The highest BCUT2D eigenvalue weighted by Gasteiger charge is 2.14. The number of pyridine rings is 1. The molecule has 0 unspecified atom stereocenters. The minimum absolute atomic E-state index is 0.446. The summed E-state index contributed by atoms with van der Waals surface area (Å²) in [5.41, 5.74) is 3.10. The highest BCUT2D eigenvalue weighted by atomic mass is 32.2. The number of hydrogen-bond acceptors (Lipinski definition) is 6. The van der Waals surface area contributed by atoms with Gasteiger partial charge in [0.1, 0.15) is 5.69 Å². The summed E-state index contributed by atoms with van der Waals surface area (Å²) in [6.07, 6.45) is 1.68. The van der Waals surface area contributed by atoms with Crippen LogP contribution in [0.4, 0.5) is 5.69 Å². The number of aromatic nitrogens is 5.